The maximum atomic E-state index is 12.4. The number of urea groups is 1. The number of benzene rings is 1. The molecule has 1 aromatic rings. The lowest BCUT2D eigenvalue weighted by molar-refractivity contribution is -0.145. The van der Waals surface area contributed by atoms with Gasteiger partial charge in [0.1, 0.15) is 6.04 Å². The standard InChI is InChI=1S/C17H23N3O3/c1-2-23-16(21)14-10-12-8-9-20(11-15(12)19-14)17(22)18-13-6-4-3-5-7-13/h3-7,12,14-15,19H,2,8-11H2,1H3,(H,18,22)/t12-,14-,15-/m0/s1. The topological polar surface area (TPSA) is 70.7 Å². The number of ether oxygens (including phenoxy) is 1. The van der Waals surface area contributed by atoms with Crippen LogP contribution in [0.4, 0.5) is 10.5 Å². The lowest BCUT2D eigenvalue weighted by Gasteiger charge is -2.34. The Balaban J connectivity index is 1.55. The molecule has 2 aliphatic heterocycles. The van der Waals surface area contributed by atoms with Gasteiger partial charge >= 0.3 is 12.0 Å². The van der Waals surface area contributed by atoms with E-state index in [9.17, 15) is 9.59 Å². The zero-order chi connectivity index (χ0) is 16.2. The third-order valence-electron chi connectivity index (χ3n) is 4.59. The Morgan fingerprint density at radius 2 is 2.13 bits per heavy atom. The fourth-order valence-corrected chi connectivity index (χ4v) is 3.42. The zero-order valence-corrected chi connectivity index (χ0v) is 13.3. The fourth-order valence-electron chi connectivity index (χ4n) is 3.42. The lowest BCUT2D eigenvalue weighted by Crippen LogP contribution is -2.51. The first-order valence-corrected chi connectivity index (χ1v) is 8.21. The van der Waals surface area contributed by atoms with Gasteiger partial charge in [-0.25, -0.2) is 4.79 Å². The Morgan fingerprint density at radius 3 is 2.87 bits per heavy atom. The summed E-state index contributed by atoms with van der Waals surface area (Å²) in [5, 5.41) is 6.24. The summed E-state index contributed by atoms with van der Waals surface area (Å²) in [5.74, 6) is 0.257. The molecular formula is C17H23N3O3. The van der Waals surface area contributed by atoms with Crippen LogP contribution in [0.5, 0.6) is 0 Å². The highest BCUT2D eigenvalue weighted by molar-refractivity contribution is 5.89. The molecule has 0 unspecified atom stereocenters. The van der Waals surface area contributed by atoms with Gasteiger partial charge < -0.3 is 15.0 Å². The van der Waals surface area contributed by atoms with Gasteiger partial charge in [-0.05, 0) is 37.8 Å². The number of esters is 1. The second-order valence-electron chi connectivity index (χ2n) is 6.10. The van der Waals surface area contributed by atoms with Gasteiger partial charge in [-0.15, -0.1) is 0 Å². The van der Waals surface area contributed by atoms with Crippen LogP contribution in [0.3, 0.4) is 0 Å². The van der Waals surface area contributed by atoms with E-state index in [-0.39, 0.29) is 24.1 Å². The van der Waals surface area contributed by atoms with E-state index < -0.39 is 0 Å². The maximum absolute atomic E-state index is 12.4. The van der Waals surface area contributed by atoms with Crippen LogP contribution >= 0.6 is 0 Å². The summed E-state index contributed by atoms with van der Waals surface area (Å²) in [7, 11) is 0. The van der Waals surface area contributed by atoms with E-state index in [1.807, 2.05) is 42.2 Å². The molecule has 2 aliphatic rings. The molecule has 1 aromatic carbocycles. The number of hydrogen-bond acceptors (Lipinski definition) is 4. The van der Waals surface area contributed by atoms with Crippen LogP contribution in [-0.4, -0.2) is 48.7 Å². The maximum Gasteiger partial charge on any atom is 0.323 e. The predicted octanol–water partition coefficient (Wildman–Crippen LogP) is 1.83. The van der Waals surface area contributed by atoms with Gasteiger partial charge in [-0.3, -0.25) is 10.1 Å². The van der Waals surface area contributed by atoms with Crippen LogP contribution in [0.25, 0.3) is 0 Å². The molecule has 2 heterocycles. The largest absolute Gasteiger partial charge is 0.465 e. The average molecular weight is 317 g/mol. The Hall–Kier alpha value is -2.08. The fraction of sp³-hybridized carbons (Fsp3) is 0.529. The van der Waals surface area contributed by atoms with E-state index >= 15 is 0 Å². The molecule has 124 valence electrons. The molecule has 2 fully saturated rings. The Morgan fingerprint density at radius 1 is 1.35 bits per heavy atom. The number of anilines is 1. The summed E-state index contributed by atoms with van der Waals surface area (Å²) in [5.41, 5.74) is 0.795. The highest BCUT2D eigenvalue weighted by Gasteiger charge is 2.41. The number of rotatable bonds is 3. The molecule has 2 saturated heterocycles. The Bertz CT molecular complexity index is 563. The van der Waals surface area contributed by atoms with E-state index in [2.05, 4.69) is 10.6 Å². The molecular weight excluding hydrogens is 294 g/mol. The molecule has 0 spiro atoms. The molecule has 0 aromatic heterocycles. The van der Waals surface area contributed by atoms with Crippen LogP contribution in [0.2, 0.25) is 0 Å². The normalized spacial score (nSPS) is 26.5. The summed E-state index contributed by atoms with van der Waals surface area (Å²) < 4.78 is 5.09. The van der Waals surface area contributed by atoms with Crippen LogP contribution in [0.1, 0.15) is 19.8 Å². The molecule has 3 atom stereocenters. The highest BCUT2D eigenvalue weighted by Crippen LogP contribution is 2.29. The number of hydrogen-bond donors (Lipinski definition) is 2. The van der Waals surface area contributed by atoms with Gasteiger partial charge in [0.15, 0.2) is 0 Å². The third-order valence-corrected chi connectivity index (χ3v) is 4.59. The molecule has 3 rings (SSSR count). The number of amides is 2. The molecule has 0 saturated carbocycles. The van der Waals surface area contributed by atoms with Crippen molar-refractivity contribution in [3.63, 3.8) is 0 Å². The van der Waals surface area contributed by atoms with Crippen LogP contribution in [-0.2, 0) is 9.53 Å². The molecule has 6 nitrogen and oxygen atoms in total. The van der Waals surface area contributed by atoms with Crippen molar-refractivity contribution >= 4 is 17.7 Å². The monoisotopic (exact) mass is 317 g/mol. The SMILES string of the molecule is CCOC(=O)[C@@H]1C[C@@H]2CCN(C(=O)Nc3ccccc3)C[C@@H]2N1. The summed E-state index contributed by atoms with van der Waals surface area (Å²) in [6.07, 6.45) is 1.72. The number of nitrogens with zero attached hydrogens (tertiary/aromatic N) is 1. The van der Waals surface area contributed by atoms with Crippen LogP contribution < -0.4 is 10.6 Å². The van der Waals surface area contributed by atoms with Gasteiger partial charge in [-0.1, -0.05) is 18.2 Å². The van der Waals surface area contributed by atoms with E-state index in [1.54, 1.807) is 0 Å². The number of para-hydroxylation sites is 1. The van der Waals surface area contributed by atoms with Gasteiger partial charge in [0.2, 0.25) is 0 Å². The summed E-state index contributed by atoms with van der Waals surface area (Å²) in [4.78, 5) is 26.1. The van der Waals surface area contributed by atoms with Gasteiger partial charge in [-0.2, -0.15) is 0 Å². The van der Waals surface area contributed by atoms with E-state index in [0.29, 0.717) is 19.1 Å². The van der Waals surface area contributed by atoms with Crippen molar-refractivity contribution in [3.05, 3.63) is 30.3 Å². The number of likely N-dealkylation sites (tertiary alicyclic amines) is 1. The van der Waals surface area contributed by atoms with E-state index in [4.69, 9.17) is 4.74 Å². The summed E-state index contributed by atoms with van der Waals surface area (Å²) >= 11 is 0. The summed E-state index contributed by atoms with van der Waals surface area (Å²) in [6, 6.07) is 9.29. The number of carbonyl (C=O) groups excluding carboxylic acids is 2. The van der Waals surface area contributed by atoms with Crippen LogP contribution in [0, 0.1) is 5.92 Å². The first-order valence-electron chi connectivity index (χ1n) is 8.21. The molecule has 0 bridgehead atoms. The van der Waals surface area contributed by atoms with Crippen molar-refractivity contribution in [2.24, 2.45) is 5.92 Å². The average Bonchev–Trinajstić information content (AvgIpc) is 2.99. The quantitative estimate of drug-likeness (QED) is 0.835. The number of fused-ring (bicyclic) bond motifs is 1. The Labute approximate surface area is 136 Å². The molecule has 23 heavy (non-hydrogen) atoms. The summed E-state index contributed by atoms with van der Waals surface area (Å²) in [6.45, 7) is 3.56. The number of carbonyl (C=O) groups is 2. The minimum Gasteiger partial charge on any atom is -0.465 e. The van der Waals surface area contributed by atoms with Crippen molar-refractivity contribution in [2.75, 3.05) is 25.0 Å². The van der Waals surface area contributed by atoms with Gasteiger partial charge in [0.25, 0.3) is 0 Å². The van der Waals surface area contributed by atoms with Gasteiger partial charge in [0.05, 0.1) is 6.61 Å². The second-order valence-corrected chi connectivity index (χ2v) is 6.10. The lowest BCUT2D eigenvalue weighted by atomic mass is 9.91. The van der Waals surface area contributed by atoms with Crippen molar-refractivity contribution < 1.29 is 14.3 Å². The Kier molecular flexibility index (Phi) is 4.81. The minimum absolute atomic E-state index is 0.0870. The van der Waals surface area contributed by atoms with Crippen molar-refractivity contribution in [1.82, 2.24) is 10.2 Å². The smallest absolute Gasteiger partial charge is 0.323 e. The number of nitrogens with one attached hydrogen (secondary N) is 2. The van der Waals surface area contributed by atoms with Crippen molar-refractivity contribution in [3.8, 4) is 0 Å². The zero-order valence-electron chi connectivity index (χ0n) is 13.3. The van der Waals surface area contributed by atoms with E-state index in [0.717, 1.165) is 25.1 Å². The molecule has 0 aliphatic carbocycles. The molecule has 0 radical (unpaired) electrons. The minimum atomic E-state index is -0.234. The first-order chi connectivity index (χ1) is 11.2. The predicted molar refractivity (Wildman–Crippen MR) is 87.1 cm³/mol. The van der Waals surface area contributed by atoms with Gasteiger partial charge in [0, 0.05) is 24.8 Å². The first kappa shape index (κ1) is 15.8. The molecule has 6 heteroatoms. The third kappa shape index (κ3) is 3.64. The van der Waals surface area contributed by atoms with Crippen molar-refractivity contribution in [1.29, 1.82) is 0 Å². The highest BCUT2D eigenvalue weighted by atomic mass is 16.5. The van der Waals surface area contributed by atoms with Crippen molar-refractivity contribution in [2.45, 2.75) is 31.8 Å². The molecule has 2 amide bonds. The van der Waals surface area contributed by atoms with E-state index in [1.165, 1.54) is 0 Å². The van der Waals surface area contributed by atoms with Crippen LogP contribution in [0.15, 0.2) is 30.3 Å². The number of piperidine rings is 1. The molecule has 2 N–H and O–H groups in total. The second kappa shape index (κ2) is 7.00.